The van der Waals surface area contributed by atoms with Gasteiger partial charge in [0.05, 0.1) is 17.8 Å². The molecule has 28 heavy (non-hydrogen) atoms. The van der Waals surface area contributed by atoms with E-state index in [4.69, 9.17) is 26.8 Å². The fraction of sp³-hybridized carbons (Fsp3) is 0.409. The number of benzene rings is 2. The van der Waals surface area contributed by atoms with Gasteiger partial charge in [0.2, 0.25) is 0 Å². The highest BCUT2D eigenvalue weighted by molar-refractivity contribution is 6.33. The number of anilines is 1. The van der Waals surface area contributed by atoms with Crippen molar-refractivity contribution in [3.05, 3.63) is 58.6 Å². The number of ether oxygens (including phenoxy) is 2. The Balaban J connectivity index is 1.43. The molecule has 0 saturated carbocycles. The van der Waals surface area contributed by atoms with Crippen LogP contribution in [0.25, 0.3) is 0 Å². The Kier molecular flexibility index (Phi) is 5.47. The van der Waals surface area contributed by atoms with Crippen molar-refractivity contribution in [2.75, 3.05) is 12.8 Å². The first-order chi connectivity index (χ1) is 13.5. The number of nitrogen functional groups attached to an aromatic ring is 1. The number of rotatable bonds is 5. The summed E-state index contributed by atoms with van der Waals surface area (Å²) >= 11 is 6.09. The van der Waals surface area contributed by atoms with E-state index in [1.807, 2.05) is 6.07 Å². The summed E-state index contributed by atoms with van der Waals surface area (Å²) in [5.41, 5.74) is 7.83. The first kappa shape index (κ1) is 19.1. The van der Waals surface area contributed by atoms with E-state index < -0.39 is 5.97 Å². The van der Waals surface area contributed by atoms with Crippen molar-refractivity contribution < 1.29 is 14.3 Å². The number of esters is 1. The molecule has 2 aliphatic heterocycles. The molecule has 1 unspecified atom stereocenters. The van der Waals surface area contributed by atoms with Crippen LogP contribution in [-0.2, 0) is 11.3 Å². The van der Waals surface area contributed by atoms with E-state index in [0.29, 0.717) is 34.1 Å². The van der Waals surface area contributed by atoms with Crippen LogP contribution in [0, 0.1) is 0 Å². The van der Waals surface area contributed by atoms with E-state index in [1.54, 1.807) is 6.07 Å². The summed E-state index contributed by atoms with van der Waals surface area (Å²) < 4.78 is 11.1. The number of nitrogens with two attached hydrogens (primary N) is 1. The Morgan fingerprint density at radius 2 is 1.86 bits per heavy atom. The van der Waals surface area contributed by atoms with Crippen molar-refractivity contribution in [3.63, 3.8) is 0 Å². The standard InChI is InChI=1S/C22H25ClN2O3/c1-27-21-12-20(24)19(23)11-18(21)22(26)28-17-9-15-7-8-16(10-17)25(15)13-14-5-3-2-4-6-14/h2-6,11-12,15-17H,7-10,13,24H2,1H3/t15-,16+,17?. The van der Waals surface area contributed by atoms with E-state index in [9.17, 15) is 4.79 Å². The topological polar surface area (TPSA) is 64.8 Å². The number of halogens is 1. The van der Waals surface area contributed by atoms with E-state index in [0.717, 1.165) is 32.2 Å². The number of carbonyl (C=O) groups excluding carboxylic acids is 1. The molecule has 2 bridgehead atoms. The van der Waals surface area contributed by atoms with Gasteiger partial charge in [-0.3, -0.25) is 4.90 Å². The minimum absolute atomic E-state index is 0.0851. The minimum atomic E-state index is -0.403. The highest BCUT2D eigenvalue weighted by atomic mass is 35.5. The lowest BCUT2D eigenvalue weighted by Crippen LogP contribution is -2.45. The van der Waals surface area contributed by atoms with Gasteiger partial charge in [-0.25, -0.2) is 4.79 Å². The van der Waals surface area contributed by atoms with Crippen LogP contribution in [0.15, 0.2) is 42.5 Å². The summed E-state index contributed by atoms with van der Waals surface area (Å²) in [7, 11) is 1.50. The number of methoxy groups -OCH3 is 1. The first-order valence-corrected chi connectivity index (χ1v) is 10.1. The third-order valence-electron chi connectivity index (χ3n) is 5.86. The predicted octanol–water partition coefficient (Wildman–Crippen LogP) is 4.28. The molecule has 0 aromatic heterocycles. The molecule has 148 valence electrons. The van der Waals surface area contributed by atoms with Gasteiger partial charge in [-0.1, -0.05) is 41.9 Å². The number of hydrogen-bond acceptors (Lipinski definition) is 5. The molecule has 0 amide bonds. The zero-order valence-electron chi connectivity index (χ0n) is 15.9. The zero-order chi connectivity index (χ0) is 19.7. The monoisotopic (exact) mass is 400 g/mol. The highest BCUT2D eigenvalue weighted by Crippen LogP contribution is 2.38. The molecule has 4 rings (SSSR count). The summed E-state index contributed by atoms with van der Waals surface area (Å²) in [6, 6.07) is 14.5. The number of fused-ring (bicyclic) bond motifs is 2. The second-order valence-corrected chi connectivity index (χ2v) is 8.02. The van der Waals surface area contributed by atoms with Gasteiger partial charge in [0.15, 0.2) is 0 Å². The lowest BCUT2D eigenvalue weighted by Gasteiger charge is -2.38. The quantitative estimate of drug-likeness (QED) is 0.599. The molecule has 0 aliphatic carbocycles. The van der Waals surface area contributed by atoms with Crippen LogP contribution in [0.4, 0.5) is 5.69 Å². The summed E-state index contributed by atoms with van der Waals surface area (Å²) in [4.78, 5) is 15.3. The third kappa shape index (κ3) is 3.82. The summed E-state index contributed by atoms with van der Waals surface area (Å²) in [5.74, 6) is -0.0176. The van der Waals surface area contributed by atoms with Gasteiger partial charge >= 0.3 is 5.97 Å². The van der Waals surface area contributed by atoms with Crippen molar-refractivity contribution in [2.45, 2.75) is 50.4 Å². The van der Waals surface area contributed by atoms with Gasteiger partial charge < -0.3 is 15.2 Å². The maximum Gasteiger partial charge on any atom is 0.342 e. The molecule has 0 radical (unpaired) electrons. The summed E-state index contributed by atoms with van der Waals surface area (Å²) in [5, 5.41) is 0.325. The maximum absolute atomic E-state index is 12.7. The number of hydrogen-bond donors (Lipinski definition) is 1. The average Bonchev–Trinajstić information content (AvgIpc) is 2.92. The predicted molar refractivity (Wildman–Crippen MR) is 110 cm³/mol. The molecule has 3 atom stereocenters. The number of carbonyl (C=O) groups is 1. The lowest BCUT2D eigenvalue weighted by molar-refractivity contribution is -0.00825. The molecule has 5 nitrogen and oxygen atoms in total. The Morgan fingerprint density at radius 3 is 2.50 bits per heavy atom. The highest BCUT2D eigenvalue weighted by Gasteiger charge is 2.42. The maximum atomic E-state index is 12.7. The van der Waals surface area contributed by atoms with Crippen LogP contribution in [-0.4, -0.2) is 36.2 Å². The smallest absolute Gasteiger partial charge is 0.342 e. The van der Waals surface area contributed by atoms with Crippen molar-refractivity contribution in [2.24, 2.45) is 0 Å². The van der Waals surface area contributed by atoms with Crippen LogP contribution in [0.2, 0.25) is 5.02 Å². The molecular formula is C22H25ClN2O3. The molecule has 2 aliphatic rings. The van der Waals surface area contributed by atoms with Crippen molar-refractivity contribution in [3.8, 4) is 5.75 Å². The van der Waals surface area contributed by atoms with Gasteiger partial charge in [0.1, 0.15) is 17.4 Å². The second-order valence-electron chi connectivity index (χ2n) is 7.62. The van der Waals surface area contributed by atoms with Gasteiger partial charge in [0, 0.05) is 37.5 Å². The minimum Gasteiger partial charge on any atom is -0.496 e. The Morgan fingerprint density at radius 1 is 1.18 bits per heavy atom. The SMILES string of the molecule is COc1cc(N)c(Cl)cc1C(=O)OC1C[C@H]2CC[C@@H](C1)N2Cc1ccccc1. The fourth-order valence-corrected chi connectivity index (χ4v) is 4.65. The zero-order valence-corrected chi connectivity index (χ0v) is 16.7. The van der Waals surface area contributed by atoms with Crippen molar-refractivity contribution in [1.82, 2.24) is 4.90 Å². The normalized spacial score (nSPS) is 24.1. The van der Waals surface area contributed by atoms with Gasteiger partial charge in [0.25, 0.3) is 0 Å². The molecule has 2 aromatic rings. The molecule has 2 fully saturated rings. The Labute approximate surface area is 170 Å². The molecule has 2 heterocycles. The van der Waals surface area contributed by atoms with Crippen LogP contribution < -0.4 is 10.5 Å². The van der Waals surface area contributed by atoms with E-state index in [1.165, 1.54) is 18.7 Å². The van der Waals surface area contributed by atoms with E-state index >= 15 is 0 Å². The van der Waals surface area contributed by atoms with Gasteiger partial charge in [-0.15, -0.1) is 0 Å². The van der Waals surface area contributed by atoms with E-state index in [-0.39, 0.29) is 6.10 Å². The number of nitrogens with zero attached hydrogens (tertiary/aromatic N) is 1. The first-order valence-electron chi connectivity index (χ1n) is 9.69. The van der Waals surface area contributed by atoms with Crippen LogP contribution in [0.3, 0.4) is 0 Å². The second kappa shape index (κ2) is 8.02. The van der Waals surface area contributed by atoms with Crippen LogP contribution in [0.5, 0.6) is 5.75 Å². The van der Waals surface area contributed by atoms with Crippen LogP contribution >= 0.6 is 11.6 Å². The molecule has 0 spiro atoms. The largest absolute Gasteiger partial charge is 0.496 e. The summed E-state index contributed by atoms with van der Waals surface area (Å²) in [6.45, 7) is 0.957. The fourth-order valence-electron chi connectivity index (χ4n) is 4.49. The van der Waals surface area contributed by atoms with Gasteiger partial charge in [-0.2, -0.15) is 0 Å². The van der Waals surface area contributed by atoms with E-state index in [2.05, 4.69) is 29.2 Å². The summed E-state index contributed by atoms with van der Waals surface area (Å²) in [6.07, 6.45) is 3.95. The molecule has 6 heteroatoms. The molecule has 2 N–H and O–H groups in total. The van der Waals surface area contributed by atoms with Crippen LogP contribution in [0.1, 0.15) is 41.6 Å². The van der Waals surface area contributed by atoms with Crippen molar-refractivity contribution in [1.29, 1.82) is 0 Å². The Hall–Kier alpha value is -2.24. The average molecular weight is 401 g/mol. The molecule has 2 saturated heterocycles. The Bertz CT molecular complexity index is 844. The molecular weight excluding hydrogens is 376 g/mol. The van der Waals surface area contributed by atoms with Crippen molar-refractivity contribution >= 4 is 23.3 Å². The van der Waals surface area contributed by atoms with Gasteiger partial charge in [-0.05, 0) is 24.5 Å². The number of piperidine rings is 1. The lowest BCUT2D eigenvalue weighted by atomic mass is 9.98. The molecule has 2 aromatic carbocycles. The third-order valence-corrected chi connectivity index (χ3v) is 6.19.